The van der Waals surface area contributed by atoms with Crippen LogP contribution in [-0.2, 0) is 6.42 Å². The second kappa shape index (κ2) is 10.5. The highest BCUT2D eigenvalue weighted by Gasteiger charge is 2.08. The molecule has 0 atom stereocenters. The van der Waals surface area contributed by atoms with Gasteiger partial charge in [0, 0.05) is 24.8 Å². The van der Waals surface area contributed by atoms with E-state index in [-0.39, 0.29) is 5.91 Å². The van der Waals surface area contributed by atoms with Crippen LogP contribution in [-0.4, -0.2) is 31.1 Å². The third kappa shape index (κ3) is 6.12. The van der Waals surface area contributed by atoms with E-state index in [1.165, 1.54) is 36.8 Å². The first-order valence-electron chi connectivity index (χ1n) is 10.0. The smallest absolute Gasteiger partial charge is 0.251 e. The van der Waals surface area contributed by atoms with Gasteiger partial charge in [-0.15, -0.1) is 0 Å². The quantitative estimate of drug-likeness (QED) is 0.635. The van der Waals surface area contributed by atoms with E-state index in [1.54, 1.807) is 19.4 Å². The Bertz CT molecular complexity index is 800. The largest absolute Gasteiger partial charge is 0.497 e. The number of hydrogen-bond donors (Lipinski definition) is 2. The van der Waals surface area contributed by atoms with Crippen LogP contribution >= 0.6 is 0 Å². The van der Waals surface area contributed by atoms with E-state index in [2.05, 4.69) is 33.8 Å². The van der Waals surface area contributed by atoms with E-state index >= 15 is 0 Å². The van der Waals surface area contributed by atoms with Gasteiger partial charge in [-0.3, -0.25) is 4.79 Å². The van der Waals surface area contributed by atoms with Crippen LogP contribution in [0.25, 0.3) is 0 Å². The van der Waals surface area contributed by atoms with Crippen LogP contribution in [0, 0.1) is 0 Å². The number of nitrogens with one attached hydrogen (secondary N) is 2. The Labute approximate surface area is 167 Å². The molecule has 1 aromatic carbocycles. The molecule has 0 aliphatic heterocycles. The van der Waals surface area contributed by atoms with Crippen LogP contribution in [0.5, 0.6) is 5.75 Å². The van der Waals surface area contributed by atoms with Crippen molar-refractivity contribution >= 4 is 11.7 Å². The van der Waals surface area contributed by atoms with Crippen LogP contribution in [0.2, 0.25) is 0 Å². The fourth-order valence-corrected chi connectivity index (χ4v) is 3.37. The summed E-state index contributed by atoms with van der Waals surface area (Å²) < 4.78 is 5.17. The summed E-state index contributed by atoms with van der Waals surface area (Å²) in [6.07, 6.45) is 10.7. The Kier molecular flexibility index (Phi) is 7.47. The van der Waals surface area contributed by atoms with E-state index in [1.807, 2.05) is 18.2 Å². The Morgan fingerprint density at radius 3 is 2.71 bits per heavy atom. The minimum absolute atomic E-state index is 0.0444. The number of rotatable bonds is 9. The highest BCUT2D eigenvalue weighted by atomic mass is 16.5. The van der Waals surface area contributed by atoms with Gasteiger partial charge in [0.1, 0.15) is 11.6 Å². The summed E-state index contributed by atoms with van der Waals surface area (Å²) in [5, 5.41) is 6.31. The van der Waals surface area contributed by atoms with Crippen LogP contribution in [0.1, 0.15) is 48.0 Å². The van der Waals surface area contributed by atoms with Crippen molar-refractivity contribution in [3.63, 3.8) is 0 Å². The molecule has 148 valence electrons. The number of carbonyl (C=O) groups excluding carboxylic acids is 1. The highest BCUT2D eigenvalue weighted by Crippen LogP contribution is 2.19. The zero-order chi connectivity index (χ0) is 19.6. The SMILES string of the molecule is COc1ccc(CCNc2cc(C(=O)NCCC3=CCCCC3)ccn2)cc1. The molecule has 0 bridgehead atoms. The minimum Gasteiger partial charge on any atom is -0.497 e. The summed E-state index contributed by atoms with van der Waals surface area (Å²) in [5.41, 5.74) is 3.33. The lowest BCUT2D eigenvalue weighted by Crippen LogP contribution is -2.25. The fourth-order valence-electron chi connectivity index (χ4n) is 3.37. The summed E-state index contributed by atoms with van der Waals surface area (Å²) in [6, 6.07) is 11.6. The van der Waals surface area contributed by atoms with E-state index in [4.69, 9.17) is 4.74 Å². The predicted molar refractivity (Wildman–Crippen MR) is 113 cm³/mol. The van der Waals surface area contributed by atoms with Crippen molar-refractivity contribution in [2.45, 2.75) is 38.5 Å². The summed E-state index contributed by atoms with van der Waals surface area (Å²) >= 11 is 0. The molecule has 0 radical (unpaired) electrons. The predicted octanol–water partition coefficient (Wildman–Crippen LogP) is 4.37. The van der Waals surface area contributed by atoms with E-state index in [9.17, 15) is 4.79 Å². The molecule has 1 aliphatic carbocycles. The number of carbonyl (C=O) groups is 1. The van der Waals surface area contributed by atoms with Crippen molar-refractivity contribution in [2.24, 2.45) is 0 Å². The molecule has 0 spiro atoms. The van der Waals surface area contributed by atoms with Crippen LogP contribution in [0.15, 0.2) is 54.2 Å². The van der Waals surface area contributed by atoms with Gasteiger partial charge in [-0.05, 0) is 68.4 Å². The molecule has 2 aromatic rings. The molecule has 28 heavy (non-hydrogen) atoms. The average molecular weight is 380 g/mol. The number of pyridine rings is 1. The number of allylic oxidation sites excluding steroid dienone is 1. The van der Waals surface area contributed by atoms with Gasteiger partial charge in [0.2, 0.25) is 0 Å². The lowest BCUT2D eigenvalue weighted by atomic mass is 9.97. The lowest BCUT2D eigenvalue weighted by Gasteiger charge is -2.13. The molecule has 0 saturated carbocycles. The van der Waals surface area contributed by atoms with Crippen molar-refractivity contribution < 1.29 is 9.53 Å². The molecule has 3 rings (SSSR count). The van der Waals surface area contributed by atoms with Crippen molar-refractivity contribution in [3.8, 4) is 5.75 Å². The lowest BCUT2D eigenvalue weighted by molar-refractivity contribution is 0.0954. The van der Waals surface area contributed by atoms with Crippen LogP contribution < -0.4 is 15.4 Å². The van der Waals surface area contributed by atoms with E-state index in [0.717, 1.165) is 31.0 Å². The van der Waals surface area contributed by atoms with Gasteiger partial charge in [0.15, 0.2) is 0 Å². The molecule has 5 nitrogen and oxygen atoms in total. The van der Waals surface area contributed by atoms with Gasteiger partial charge in [-0.25, -0.2) is 4.98 Å². The molecule has 0 saturated heterocycles. The number of ether oxygens (including phenoxy) is 1. The summed E-state index contributed by atoms with van der Waals surface area (Å²) in [5.74, 6) is 1.53. The molecule has 0 unspecified atom stereocenters. The van der Waals surface area contributed by atoms with Crippen molar-refractivity contribution in [2.75, 3.05) is 25.5 Å². The molecule has 0 fully saturated rings. The first-order valence-corrected chi connectivity index (χ1v) is 10.0. The molecule has 5 heteroatoms. The van der Waals surface area contributed by atoms with Gasteiger partial charge in [-0.2, -0.15) is 0 Å². The molecule has 1 heterocycles. The Morgan fingerprint density at radius 1 is 1.11 bits per heavy atom. The number of methoxy groups -OCH3 is 1. The molecule has 1 amide bonds. The maximum Gasteiger partial charge on any atom is 0.251 e. The third-order valence-electron chi connectivity index (χ3n) is 5.02. The highest BCUT2D eigenvalue weighted by molar-refractivity contribution is 5.94. The molecular weight excluding hydrogens is 350 g/mol. The minimum atomic E-state index is -0.0444. The number of aromatic nitrogens is 1. The Balaban J connectivity index is 1.44. The van der Waals surface area contributed by atoms with E-state index < -0.39 is 0 Å². The van der Waals surface area contributed by atoms with Crippen molar-refractivity contribution in [1.82, 2.24) is 10.3 Å². The van der Waals surface area contributed by atoms with E-state index in [0.29, 0.717) is 12.1 Å². The normalized spacial score (nSPS) is 13.5. The maximum atomic E-state index is 12.4. The number of hydrogen-bond acceptors (Lipinski definition) is 4. The van der Waals surface area contributed by atoms with Crippen LogP contribution in [0.4, 0.5) is 5.82 Å². The third-order valence-corrected chi connectivity index (χ3v) is 5.02. The summed E-state index contributed by atoms with van der Waals surface area (Å²) in [7, 11) is 1.67. The molecule has 1 aromatic heterocycles. The molecule has 2 N–H and O–H groups in total. The van der Waals surface area contributed by atoms with Gasteiger partial charge in [0.05, 0.1) is 7.11 Å². The Morgan fingerprint density at radius 2 is 1.96 bits per heavy atom. The van der Waals surface area contributed by atoms with Gasteiger partial charge < -0.3 is 15.4 Å². The standard InChI is InChI=1S/C23H29N3O2/c1-28-21-9-7-19(8-10-21)11-14-24-22-17-20(13-16-25-22)23(27)26-15-12-18-5-3-2-4-6-18/h5,7-10,13,16-17H,2-4,6,11-12,14-15H2,1H3,(H,24,25)(H,26,27). The first kappa shape index (κ1) is 19.9. The summed E-state index contributed by atoms with van der Waals surface area (Å²) in [6.45, 7) is 1.44. The monoisotopic (exact) mass is 379 g/mol. The second-order valence-corrected chi connectivity index (χ2v) is 7.07. The fraction of sp³-hybridized carbons (Fsp3) is 0.391. The molecular formula is C23H29N3O2. The average Bonchev–Trinajstić information content (AvgIpc) is 2.75. The maximum absolute atomic E-state index is 12.4. The van der Waals surface area contributed by atoms with Crippen molar-refractivity contribution in [3.05, 3.63) is 65.4 Å². The Hall–Kier alpha value is -2.82. The molecule has 1 aliphatic rings. The number of nitrogens with zero attached hydrogens (tertiary/aromatic N) is 1. The number of benzene rings is 1. The second-order valence-electron chi connectivity index (χ2n) is 7.07. The van der Waals surface area contributed by atoms with Crippen molar-refractivity contribution in [1.29, 1.82) is 0 Å². The topological polar surface area (TPSA) is 63.2 Å². The first-order chi connectivity index (χ1) is 13.7. The zero-order valence-electron chi connectivity index (χ0n) is 16.5. The summed E-state index contributed by atoms with van der Waals surface area (Å²) in [4.78, 5) is 16.7. The zero-order valence-corrected chi connectivity index (χ0v) is 16.5. The van der Waals surface area contributed by atoms with Gasteiger partial charge >= 0.3 is 0 Å². The van der Waals surface area contributed by atoms with Gasteiger partial charge in [-0.1, -0.05) is 23.8 Å². The number of amides is 1. The van der Waals surface area contributed by atoms with Gasteiger partial charge in [0.25, 0.3) is 5.91 Å². The van der Waals surface area contributed by atoms with Crippen LogP contribution in [0.3, 0.4) is 0 Å². The number of anilines is 1.